The van der Waals surface area contributed by atoms with Crippen LogP contribution in [-0.4, -0.2) is 35.4 Å². The molecule has 1 saturated heterocycles. The average Bonchev–Trinajstić information content (AvgIpc) is 3.03. The van der Waals surface area contributed by atoms with Gasteiger partial charge in [0, 0.05) is 24.7 Å². The highest BCUT2D eigenvalue weighted by Crippen LogP contribution is 2.27. The van der Waals surface area contributed by atoms with Gasteiger partial charge in [0.1, 0.15) is 5.75 Å². The second kappa shape index (κ2) is 8.20. The number of nitrogens with one attached hydrogen (secondary N) is 1. The van der Waals surface area contributed by atoms with Gasteiger partial charge in [-0.15, -0.1) is 0 Å². The number of hydrogen-bond donors (Lipinski definition) is 1. The quantitative estimate of drug-likeness (QED) is 0.852. The molecule has 0 spiro atoms. The maximum Gasteiger partial charge on any atom is 0.225 e. The Morgan fingerprint density at radius 3 is 2.89 bits per heavy atom. The molecule has 0 aliphatic carbocycles. The number of carbonyl (C=O) groups is 2. The smallest absolute Gasteiger partial charge is 0.225 e. The minimum absolute atomic E-state index is 0.0124. The fraction of sp³-hybridized carbons (Fsp3) is 0.381. The number of aryl methyl sites for hydroxylation is 1. The number of likely N-dealkylation sites (tertiary alicyclic amines) is 1. The van der Waals surface area contributed by atoms with E-state index in [0.29, 0.717) is 13.1 Å². The fourth-order valence-electron chi connectivity index (χ4n) is 3.39. The maximum absolute atomic E-state index is 12.7. The van der Waals surface area contributed by atoms with Crippen molar-refractivity contribution in [2.24, 2.45) is 5.92 Å². The number of ether oxygens (including phenoxy) is 1. The standard InChI is InChI=1S/C21H25N3O3/c1-14-7-8-19(27-3)18(10-14)15(2)23-21(26)16-11-20(25)24(12-16)13-17-6-4-5-9-22-17/h4-10,15-16H,11-13H2,1-3H3,(H,23,26)/t15-,16-/m0/s1. The lowest BCUT2D eigenvalue weighted by Gasteiger charge is -2.20. The van der Waals surface area contributed by atoms with E-state index in [9.17, 15) is 9.59 Å². The van der Waals surface area contributed by atoms with Crippen LogP contribution in [-0.2, 0) is 16.1 Å². The summed E-state index contributed by atoms with van der Waals surface area (Å²) in [5, 5.41) is 3.03. The third-order valence-electron chi connectivity index (χ3n) is 4.87. The summed E-state index contributed by atoms with van der Waals surface area (Å²) in [6, 6.07) is 11.3. The van der Waals surface area contributed by atoms with Gasteiger partial charge in [-0.3, -0.25) is 14.6 Å². The van der Waals surface area contributed by atoms with Gasteiger partial charge in [0.15, 0.2) is 0 Å². The van der Waals surface area contributed by atoms with E-state index in [2.05, 4.69) is 10.3 Å². The molecule has 3 rings (SSSR count). The van der Waals surface area contributed by atoms with Crippen molar-refractivity contribution in [2.45, 2.75) is 32.9 Å². The Morgan fingerprint density at radius 2 is 2.19 bits per heavy atom. The van der Waals surface area contributed by atoms with Crippen molar-refractivity contribution in [3.05, 3.63) is 59.4 Å². The van der Waals surface area contributed by atoms with Crippen molar-refractivity contribution < 1.29 is 14.3 Å². The SMILES string of the molecule is COc1ccc(C)cc1[C@H](C)NC(=O)[C@H]1CC(=O)N(Cc2ccccn2)C1. The van der Waals surface area contributed by atoms with Crippen LogP contribution in [0.5, 0.6) is 5.75 Å². The Morgan fingerprint density at radius 1 is 1.37 bits per heavy atom. The van der Waals surface area contributed by atoms with E-state index in [4.69, 9.17) is 4.74 Å². The number of benzene rings is 1. The lowest BCUT2D eigenvalue weighted by Crippen LogP contribution is -2.34. The third kappa shape index (κ3) is 4.45. The molecule has 1 aromatic heterocycles. The van der Waals surface area contributed by atoms with Crippen LogP contribution in [0.1, 0.15) is 36.2 Å². The Labute approximate surface area is 159 Å². The first-order valence-electron chi connectivity index (χ1n) is 9.10. The number of pyridine rings is 1. The molecule has 0 radical (unpaired) electrons. The highest BCUT2D eigenvalue weighted by molar-refractivity contribution is 5.89. The number of hydrogen-bond acceptors (Lipinski definition) is 4. The van der Waals surface area contributed by atoms with E-state index in [1.165, 1.54) is 0 Å². The minimum atomic E-state index is -0.348. The normalized spacial score (nSPS) is 17.7. The molecule has 2 aromatic rings. The molecule has 2 atom stereocenters. The molecule has 0 unspecified atom stereocenters. The second-order valence-electron chi connectivity index (χ2n) is 6.97. The highest BCUT2D eigenvalue weighted by Gasteiger charge is 2.35. The molecule has 1 aliphatic rings. The van der Waals surface area contributed by atoms with Gasteiger partial charge in [0.05, 0.1) is 31.3 Å². The predicted octanol–water partition coefficient (Wildman–Crippen LogP) is 2.62. The van der Waals surface area contributed by atoms with Crippen molar-refractivity contribution in [1.29, 1.82) is 0 Å². The van der Waals surface area contributed by atoms with Crippen molar-refractivity contribution in [3.8, 4) is 5.75 Å². The van der Waals surface area contributed by atoms with Crippen LogP contribution in [0, 0.1) is 12.8 Å². The molecule has 1 aromatic carbocycles. The Balaban J connectivity index is 1.63. The molecule has 1 aliphatic heterocycles. The first-order valence-corrected chi connectivity index (χ1v) is 9.10. The zero-order valence-corrected chi connectivity index (χ0v) is 15.9. The molecule has 142 valence electrons. The number of methoxy groups -OCH3 is 1. The van der Waals surface area contributed by atoms with Gasteiger partial charge in [-0.05, 0) is 32.0 Å². The zero-order chi connectivity index (χ0) is 19.4. The summed E-state index contributed by atoms with van der Waals surface area (Å²) in [6.07, 6.45) is 1.94. The molecule has 1 fully saturated rings. The third-order valence-corrected chi connectivity index (χ3v) is 4.87. The zero-order valence-electron chi connectivity index (χ0n) is 15.9. The number of rotatable bonds is 6. The minimum Gasteiger partial charge on any atom is -0.496 e. The lowest BCUT2D eigenvalue weighted by molar-refractivity contribution is -0.129. The summed E-state index contributed by atoms with van der Waals surface area (Å²) < 4.78 is 5.41. The first-order chi connectivity index (χ1) is 13.0. The Hall–Kier alpha value is -2.89. The Bertz CT molecular complexity index is 823. The van der Waals surface area contributed by atoms with Crippen LogP contribution >= 0.6 is 0 Å². The Kier molecular flexibility index (Phi) is 5.74. The van der Waals surface area contributed by atoms with E-state index >= 15 is 0 Å². The molecule has 6 heteroatoms. The molecule has 1 N–H and O–H groups in total. The summed E-state index contributed by atoms with van der Waals surface area (Å²) in [4.78, 5) is 31.0. The molecule has 2 amide bonds. The van der Waals surface area contributed by atoms with Crippen LogP contribution in [0.25, 0.3) is 0 Å². The van der Waals surface area contributed by atoms with Gasteiger partial charge in [0.2, 0.25) is 11.8 Å². The number of carbonyl (C=O) groups excluding carboxylic acids is 2. The lowest BCUT2D eigenvalue weighted by atomic mass is 10.0. The van der Waals surface area contributed by atoms with Crippen molar-refractivity contribution in [3.63, 3.8) is 0 Å². The van der Waals surface area contributed by atoms with Crippen LogP contribution < -0.4 is 10.1 Å². The molecule has 6 nitrogen and oxygen atoms in total. The molecular formula is C21H25N3O3. The summed E-state index contributed by atoms with van der Waals surface area (Å²) in [6.45, 7) is 4.78. The van der Waals surface area contributed by atoms with Gasteiger partial charge in [0.25, 0.3) is 0 Å². The van der Waals surface area contributed by atoms with E-state index < -0.39 is 0 Å². The van der Waals surface area contributed by atoms with Crippen molar-refractivity contribution >= 4 is 11.8 Å². The van der Waals surface area contributed by atoms with Crippen molar-refractivity contribution in [1.82, 2.24) is 15.2 Å². The second-order valence-corrected chi connectivity index (χ2v) is 6.97. The highest BCUT2D eigenvalue weighted by atomic mass is 16.5. The van der Waals surface area contributed by atoms with Crippen LogP contribution in [0.15, 0.2) is 42.6 Å². The molecule has 2 heterocycles. The average molecular weight is 367 g/mol. The monoisotopic (exact) mass is 367 g/mol. The predicted molar refractivity (Wildman–Crippen MR) is 102 cm³/mol. The largest absolute Gasteiger partial charge is 0.496 e. The van der Waals surface area contributed by atoms with E-state index in [0.717, 1.165) is 22.6 Å². The molecule has 27 heavy (non-hydrogen) atoms. The molecule has 0 bridgehead atoms. The van der Waals surface area contributed by atoms with Gasteiger partial charge < -0.3 is 15.0 Å². The molecule has 0 saturated carbocycles. The molecular weight excluding hydrogens is 342 g/mol. The van der Waals surface area contributed by atoms with Crippen LogP contribution in [0.3, 0.4) is 0 Å². The number of aromatic nitrogens is 1. The van der Waals surface area contributed by atoms with E-state index in [1.54, 1.807) is 18.2 Å². The fourth-order valence-corrected chi connectivity index (χ4v) is 3.39. The number of amides is 2. The summed E-state index contributed by atoms with van der Waals surface area (Å²) >= 11 is 0. The number of nitrogens with zero attached hydrogens (tertiary/aromatic N) is 2. The van der Waals surface area contributed by atoms with Crippen LogP contribution in [0.4, 0.5) is 0 Å². The summed E-state index contributed by atoms with van der Waals surface area (Å²) in [5.41, 5.74) is 2.86. The summed E-state index contributed by atoms with van der Waals surface area (Å²) in [5.74, 6) is 0.275. The maximum atomic E-state index is 12.7. The van der Waals surface area contributed by atoms with E-state index in [-0.39, 0.29) is 30.2 Å². The van der Waals surface area contributed by atoms with Gasteiger partial charge in [-0.2, -0.15) is 0 Å². The van der Waals surface area contributed by atoms with Gasteiger partial charge >= 0.3 is 0 Å². The van der Waals surface area contributed by atoms with E-state index in [1.807, 2.05) is 50.2 Å². The van der Waals surface area contributed by atoms with Gasteiger partial charge in [-0.25, -0.2) is 0 Å². The summed E-state index contributed by atoms with van der Waals surface area (Å²) in [7, 11) is 1.62. The van der Waals surface area contributed by atoms with Crippen LogP contribution in [0.2, 0.25) is 0 Å². The van der Waals surface area contributed by atoms with Gasteiger partial charge in [-0.1, -0.05) is 23.8 Å². The topological polar surface area (TPSA) is 71.5 Å². The van der Waals surface area contributed by atoms with Crippen molar-refractivity contribution in [2.75, 3.05) is 13.7 Å². The first kappa shape index (κ1) is 18.9.